The van der Waals surface area contributed by atoms with Crippen molar-refractivity contribution in [2.24, 2.45) is 0 Å². The third-order valence-electron chi connectivity index (χ3n) is 3.24. The van der Waals surface area contributed by atoms with Crippen LogP contribution in [0.25, 0.3) is 0 Å². The van der Waals surface area contributed by atoms with E-state index in [0.29, 0.717) is 13.0 Å². The highest BCUT2D eigenvalue weighted by Gasteiger charge is 2.17. The Morgan fingerprint density at radius 3 is 2.35 bits per heavy atom. The van der Waals surface area contributed by atoms with Crippen molar-refractivity contribution in [2.75, 3.05) is 33.7 Å². The van der Waals surface area contributed by atoms with Crippen LogP contribution in [0, 0.1) is 5.82 Å². The van der Waals surface area contributed by atoms with E-state index in [4.69, 9.17) is 5.11 Å². The molecule has 0 aliphatic heterocycles. The van der Waals surface area contributed by atoms with Gasteiger partial charge in [0.25, 0.3) is 0 Å². The molecule has 0 bridgehead atoms. The Morgan fingerprint density at radius 2 is 1.85 bits per heavy atom. The van der Waals surface area contributed by atoms with Gasteiger partial charge in [-0.15, -0.1) is 0 Å². The predicted molar refractivity (Wildman–Crippen MR) is 77.3 cm³/mol. The molecule has 0 amide bonds. The van der Waals surface area contributed by atoms with E-state index in [2.05, 4.69) is 0 Å². The molecule has 0 saturated carbocycles. The van der Waals surface area contributed by atoms with Gasteiger partial charge < -0.3 is 10.0 Å². The number of halogens is 1. The summed E-state index contributed by atoms with van der Waals surface area (Å²) in [5.74, 6) is -1.08. The summed E-state index contributed by atoms with van der Waals surface area (Å²) in [7, 11) is 3.92. The van der Waals surface area contributed by atoms with Crippen molar-refractivity contribution in [3.05, 3.63) is 35.6 Å². The first kappa shape index (κ1) is 16.6. The number of rotatable bonds is 8. The first-order valence-electron chi connectivity index (χ1n) is 6.73. The lowest BCUT2D eigenvalue weighted by Crippen LogP contribution is -2.42. The highest BCUT2D eigenvalue weighted by Crippen LogP contribution is 2.10. The number of carbonyl (C=O) groups is 1. The summed E-state index contributed by atoms with van der Waals surface area (Å²) in [4.78, 5) is 14.9. The topological polar surface area (TPSA) is 43.8 Å². The fourth-order valence-electron chi connectivity index (χ4n) is 2.05. The molecule has 0 fully saturated rings. The summed E-state index contributed by atoms with van der Waals surface area (Å²) >= 11 is 0. The molecule has 0 aromatic heterocycles. The van der Waals surface area contributed by atoms with Gasteiger partial charge in [0.05, 0.1) is 6.54 Å². The summed E-state index contributed by atoms with van der Waals surface area (Å²) in [6.45, 7) is 3.53. The van der Waals surface area contributed by atoms with Crippen LogP contribution in [0.4, 0.5) is 4.39 Å². The minimum absolute atomic E-state index is 0.0240. The molecule has 112 valence electrons. The van der Waals surface area contributed by atoms with Crippen LogP contribution in [0.2, 0.25) is 0 Å². The van der Waals surface area contributed by atoms with Gasteiger partial charge in [-0.1, -0.05) is 12.1 Å². The summed E-state index contributed by atoms with van der Waals surface area (Å²) in [6.07, 6.45) is 0.709. The number of nitrogens with zero attached hydrogens (tertiary/aromatic N) is 2. The highest BCUT2D eigenvalue weighted by molar-refractivity contribution is 5.69. The number of carboxylic acid groups (broad SMARTS) is 1. The van der Waals surface area contributed by atoms with Crippen molar-refractivity contribution >= 4 is 5.97 Å². The van der Waals surface area contributed by atoms with Crippen molar-refractivity contribution in [1.29, 1.82) is 0 Å². The van der Waals surface area contributed by atoms with E-state index < -0.39 is 5.97 Å². The number of carboxylic acids is 1. The van der Waals surface area contributed by atoms with Crippen LogP contribution < -0.4 is 0 Å². The van der Waals surface area contributed by atoms with E-state index in [0.717, 1.165) is 12.1 Å². The number of aliphatic carboxylic acids is 1. The van der Waals surface area contributed by atoms with E-state index in [9.17, 15) is 9.18 Å². The Bertz CT molecular complexity index is 420. The molecule has 4 nitrogen and oxygen atoms in total. The second kappa shape index (κ2) is 7.97. The fourth-order valence-corrected chi connectivity index (χ4v) is 2.05. The Labute approximate surface area is 119 Å². The lowest BCUT2D eigenvalue weighted by molar-refractivity contribution is -0.138. The third-order valence-corrected chi connectivity index (χ3v) is 3.24. The summed E-state index contributed by atoms with van der Waals surface area (Å²) in [5.41, 5.74) is 1.01. The molecule has 0 spiro atoms. The lowest BCUT2D eigenvalue weighted by Gasteiger charge is -2.28. The lowest BCUT2D eigenvalue weighted by atomic mass is 10.1. The van der Waals surface area contributed by atoms with Crippen LogP contribution in [0.3, 0.4) is 0 Å². The van der Waals surface area contributed by atoms with E-state index in [1.54, 1.807) is 12.1 Å². The van der Waals surface area contributed by atoms with Crippen molar-refractivity contribution in [3.63, 3.8) is 0 Å². The van der Waals surface area contributed by atoms with Gasteiger partial charge in [0.2, 0.25) is 0 Å². The maximum Gasteiger partial charge on any atom is 0.317 e. The van der Waals surface area contributed by atoms with E-state index >= 15 is 0 Å². The zero-order valence-electron chi connectivity index (χ0n) is 12.3. The van der Waals surface area contributed by atoms with E-state index in [-0.39, 0.29) is 18.4 Å². The number of hydrogen-bond acceptors (Lipinski definition) is 3. The first-order valence-corrected chi connectivity index (χ1v) is 6.73. The highest BCUT2D eigenvalue weighted by atomic mass is 19.1. The van der Waals surface area contributed by atoms with Crippen molar-refractivity contribution in [2.45, 2.75) is 19.4 Å². The molecule has 0 aliphatic carbocycles. The zero-order valence-corrected chi connectivity index (χ0v) is 12.3. The van der Waals surface area contributed by atoms with Crippen molar-refractivity contribution < 1.29 is 14.3 Å². The van der Waals surface area contributed by atoms with Gasteiger partial charge in [-0.3, -0.25) is 9.69 Å². The summed E-state index contributed by atoms with van der Waals surface area (Å²) in [5, 5.41) is 9.00. The van der Waals surface area contributed by atoms with Crippen molar-refractivity contribution in [3.8, 4) is 0 Å². The summed E-state index contributed by atoms with van der Waals surface area (Å²) in [6, 6.07) is 6.46. The van der Waals surface area contributed by atoms with Gasteiger partial charge in [0.1, 0.15) is 5.82 Å². The quantitative estimate of drug-likeness (QED) is 0.788. The molecule has 0 saturated heterocycles. The molecule has 20 heavy (non-hydrogen) atoms. The minimum Gasteiger partial charge on any atom is -0.480 e. The molecular formula is C15H23FN2O2. The molecule has 1 atom stereocenters. The van der Waals surface area contributed by atoms with Gasteiger partial charge in [-0.25, -0.2) is 4.39 Å². The Kier molecular flexibility index (Phi) is 6.61. The molecule has 1 unspecified atom stereocenters. The molecule has 1 N–H and O–H groups in total. The average molecular weight is 282 g/mol. The van der Waals surface area contributed by atoms with Gasteiger partial charge in [0, 0.05) is 19.1 Å². The Balaban J connectivity index is 2.63. The second-order valence-electron chi connectivity index (χ2n) is 5.35. The largest absolute Gasteiger partial charge is 0.480 e. The molecule has 1 rings (SSSR count). The van der Waals surface area contributed by atoms with Gasteiger partial charge >= 0.3 is 5.97 Å². The molecule has 1 aromatic rings. The molecule has 0 radical (unpaired) electrons. The van der Waals surface area contributed by atoms with E-state index in [1.165, 1.54) is 12.1 Å². The summed E-state index contributed by atoms with van der Waals surface area (Å²) < 4.78 is 12.9. The van der Waals surface area contributed by atoms with Gasteiger partial charge in [-0.2, -0.15) is 0 Å². The predicted octanol–water partition coefficient (Wildman–Crippen LogP) is 1.70. The van der Waals surface area contributed by atoms with Gasteiger partial charge in [0.15, 0.2) is 0 Å². The maximum atomic E-state index is 12.9. The average Bonchev–Trinajstić information content (AvgIpc) is 2.36. The SMILES string of the molecule is CC(Cc1ccc(F)cc1)N(CCN(C)C)CC(=O)O. The first-order chi connectivity index (χ1) is 9.38. The third kappa shape index (κ3) is 6.12. The Hall–Kier alpha value is -1.46. The monoisotopic (exact) mass is 282 g/mol. The van der Waals surface area contributed by atoms with Crippen molar-refractivity contribution in [1.82, 2.24) is 9.80 Å². The number of likely N-dealkylation sites (N-methyl/N-ethyl adjacent to an activating group) is 1. The number of hydrogen-bond donors (Lipinski definition) is 1. The minimum atomic E-state index is -0.824. The van der Waals surface area contributed by atoms with E-state index in [1.807, 2.05) is 30.8 Å². The van der Waals surface area contributed by atoms with Crippen LogP contribution in [0.15, 0.2) is 24.3 Å². The molecule has 5 heteroatoms. The van der Waals surface area contributed by atoms with Crippen LogP contribution >= 0.6 is 0 Å². The second-order valence-corrected chi connectivity index (χ2v) is 5.35. The maximum absolute atomic E-state index is 12.9. The fraction of sp³-hybridized carbons (Fsp3) is 0.533. The molecule has 0 heterocycles. The Morgan fingerprint density at radius 1 is 1.25 bits per heavy atom. The molecule has 1 aromatic carbocycles. The number of benzene rings is 1. The van der Waals surface area contributed by atoms with Crippen LogP contribution in [-0.2, 0) is 11.2 Å². The standard InChI is InChI=1S/C15H23FN2O2/c1-12(10-13-4-6-14(16)7-5-13)18(11-15(19)20)9-8-17(2)3/h4-7,12H,8-11H2,1-3H3,(H,19,20). The van der Waals surface area contributed by atoms with Gasteiger partial charge in [-0.05, 0) is 45.1 Å². The molecular weight excluding hydrogens is 259 g/mol. The van der Waals surface area contributed by atoms with Crippen LogP contribution in [0.5, 0.6) is 0 Å². The van der Waals surface area contributed by atoms with Crippen LogP contribution in [0.1, 0.15) is 12.5 Å². The smallest absolute Gasteiger partial charge is 0.317 e. The molecule has 0 aliphatic rings. The zero-order chi connectivity index (χ0) is 15.1. The van der Waals surface area contributed by atoms with Crippen LogP contribution in [-0.4, -0.2) is 60.6 Å². The normalized spacial score (nSPS) is 12.9.